The van der Waals surface area contributed by atoms with Gasteiger partial charge in [0, 0.05) is 11.9 Å². The van der Waals surface area contributed by atoms with Gasteiger partial charge in [0.15, 0.2) is 5.82 Å². The van der Waals surface area contributed by atoms with E-state index in [1.165, 1.54) is 5.56 Å². The van der Waals surface area contributed by atoms with Crippen molar-refractivity contribution in [3.05, 3.63) is 57.6 Å². The molecular weight excluding hydrogens is 298 g/mol. The number of nitrogens with zero attached hydrogens (tertiary/aromatic N) is 1. The Kier molecular flexibility index (Phi) is 3.81. The van der Waals surface area contributed by atoms with Gasteiger partial charge in [-0.3, -0.25) is 4.98 Å². The standard InChI is InChI=1S/C15H13Cl2FN2/c16-11-7-10(8-12(17)14(11)18)20-13-5-1-3-9-4-2-6-19-15(9)13/h2,4,6-8,13,20H,1,3,5H2. The summed E-state index contributed by atoms with van der Waals surface area (Å²) < 4.78 is 13.4. The number of benzene rings is 1. The summed E-state index contributed by atoms with van der Waals surface area (Å²) in [7, 11) is 0. The Morgan fingerprint density at radius 3 is 2.75 bits per heavy atom. The van der Waals surface area contributed by atoms with Gasteiger partial charge in [0.2, 0.25) is 0 Å². The van der Waals surface area contributed by atoms with Crippen molar-refractivity contribution < 1.29 is 4.39 Å². The van der Waals surface area contributed by atoms with Crippen molar-refractivity contribution in [3.8, 4) is 0 Å². The molecule has 0 aliphatic heterocycles. The molecule has 5 heteroatoms. The van der Waals surface area contributed by atoms with Gasteiger partial charge in [-0.1, -0.05) is 29.3 Å². The molecule has 1 N–H and O–H groups in total. The first-order valence-electron chi connectivity index (χ1n) is 6.50. The molecule has 1 aromatic heterocycles. The van der Waals surface area contributed by atoms with Gasteiger partial charge in [-0.25, -0.2) is 4.39 Å². The fraction of sp³-hybridized carbons (Fsp3) is 0.267. The lowest BCUT2D eigenvalue weighted by Gasteiger charge is -2.26. The van der Waals surface area contributed by atoms with E-state index in [2.05, 4.69) is 16.4 Å². The van der Waals surface area contributed by atoms with Crippen molar-refractivity contribution >= 4 is 28.9 Å². The minimum absolute atomic E-state index is 0.0250. The van der Waals surface area contributed by atoms with Crippen molar-refractivity contribution in [1.82, 2.24) is 4.98 Å². The van der Waals surface area contributed by atoms with Crippen LogP contribution in [0.15, 0.2) is 30.5 Å². The zero-order valence-corrected chi connectivity index (χ0v) is 12.2. The van der Waals surface area contributed by atoms with E-state index < -0.39 is 5.82 Å². The zero-order valence-electron chi connectivity index (χ0n) is 10.7. The van der Waals surface area contributed by atoms with E-state index in [-0.39, 0.29) is 16.1 Å². The van der Waals surface area contributed by atoms with Crippen LogP contribution in [-0.2, 0) is 6.42 Å². The van der Waals surface area contributed by atoms with E-state index in [0.717, 1.165) is 25.0 Å². The largest absolute Gasteiger partial charge is 0.377 e. The van der Waals surface area contributed by atoms with E-state index in [1.807, 2.05) is 6.07 Å². The molecule has 1 atom stereocenters. The highest BCUT2D eigenvalue weighted by Crippen LogP contribution is 2.33. The molecule has 1 aliphatic carbocycles. The van der Waals surface area contributed by atoms with Crippen LogP contribution in [0, 0.1) is 5.82 Å². The molecule has 0 amide bonds. The molecule has 104 valence electrons. The molecule has 1 aromatic carbocycles. The maximum Gasteiger partial charge on any atom is 0.160 e. The van der Waals surface area contributed by atoms with Crippen molar-refractivity contribution in [3.63, 3.8) is 0 Å². The average Bonchev–Trinajstić information content (AvgIpc) is 2.45. The van der Waals surface area contributed by atoms with Crippen LogP contribution in [0.1, 0.15) is 30.1 Å². The average molecular weight is 311 g/mol. The summed E-state index contributed by atoms with van der Waals surface area (Å²) in [6.07, 6.45) is 4.92. The Morgan fingerprint density at radius 2 is 2.00 bits per heavy atom. The molecule has 2 nitrogen and oxygen atoms in total. The van der Waals surface area contributed by atoms with Crippen LogP contribution in [0.2, 0.25) is 10.0 Å². The highest BCUT2D eigenvalue weighted by molar-refractivity contribution is 6.35. The summed E-state index contributed by atoms with van der Waals surface area (Å²) >= 11 is 11.6. The Hall–Kier alpha value is -1.32. The van der Waals surface area contributed by atoms with Gasteiger partial charge in [0.25, 0.3) is 0 Å². The van der Waals surface area contributed by atoms with E-state index in [4.69, 9.17) is 23.2 Å². The number of rotatable bonds is 2. The van der Waals surface area contributed by atoms with Crippen molar-refractivity contribution in [2.75, 3.05) is 5.32 Å². The van der Waals surface area contributed by atoms with Gasteiger partial charge in [0.1, 0.15) is 0 Å². The number of fused-ring (bicyclic) bond motifs is 1. The van der Waals surface area contributed by atoms with Crippen LogP contribution in [0.5, 0.6) is 0 Å². The van der Waals surface area contributed by atoms with Crippen molar-refractivity contribution in [2.45, 2.75) is 25.3 Å². The first-order valence-corrected chi connectivity index (χ1v) is 7.25. The molecule has 0 saturated heterocycles. The minimum Gasteiger partial charge on any atom is -0.377 e. The van der Waals surface area contributed by atoms with Crippen LogP contribution in [-0.4, -0.2) is 4.98 Å². The second kappa shape index (κ2) is 5.58. The number of nitrogens with one attached hydrogen (secondary N) is 1. The SMILES string of the molecule is Fc1c(Cl)cc(NC2CCCc3cccnc32)cc1Cl. The molecule has 3 rings (SSSR count). The zero-order chi connectivity index (χ0) is 14.1. The number of aromatic nitrogens is 1. The molecule has 0 bridgehead atoms. The number of hydrogen-bond acceptors (Lipinski definition) is 2. The highest BCUT2D eigenvalue weighted by Gasteiger charge is 2.21. The van der Waals surface area contributed by atoms with Gasteiger partial charge in [-0.15, -0.1) is 0 Å². The lowest BCUT2D eigenvalue weighted by Crippen LogP contribution is -2.18. The smallest absolute Gasteiger partial charge is 0.160 e. The monoisotopic (exact) mass is 310 g/mol. The molecule has 1 unspecified atom stereocenters. The Morgan fingerprint density at radius 1 is 1.25 bits per heavy atom. The van der Waals surface area contributed by atoms with Gasteiger partial charge in [0.05, 0.1) is 21.8 Å². The molecule has 20 heavy (non-hydrogen) atoms. The first kappa shape index (κ1) is 13.7. The summed E-state index contributed by atoms with van der Waals surface area (Å²) in [5, 5.41) is 3.40. The van der Waals surface area contributed by atoms with Crippen molar-refractivity contribution in [2.24, 2.45) is 0 Å². The fourth-order valence-electron chi connectivity index (χ4n) is 2.59. The summed E-state index contributed by atoms with van der Waals surface area (Å²) in [5.74, 6) is -0.582. The number of pyridine rings is 1. The van der Waals surface area contributed by atoms with E-state index in [1.54, 1.807) is 18.3 Å². The topological polar surface area (TPSA) is 24.9 Å². The first-order chi connectivity index (χ1) is 9.65. The number of anilines is 1. The predicted octanol–water partition coefficient (Wildman–Crippen LogP) is 5.02. The second-order valence-corrected chi connectivity index (χ2v) is 5.71. The lowest BCUT2D eigenvalue weighted by molar-refractivity contribution is 0.583. The Balaban J connectivity index is 1.89. The van der Waals surface area contributed by atoms with Crippen LogP contribution in [0.25, 0.3) is 0 Å². The molecule has 0 fully saturated rings. The fourth-order valence-corrected chi connectivity index (χ4v) is 3.08. The number of halogens is 3. The summed E-state index contributed by atoms with van der Waals surface area (Å²) in [5.41, 5.74) is 3.02. The molecule has 0 saturated carbocycles. The third-order valence-corrected chi connectivity index (χ3v) is 4.07. The molecular formula is C15H13Cl2FN2. The summed E-state index contributed by atoms with van der Waals surface area (Å²) in [6.45, 7) is 0. The van der Waals surface area contributed by atoms with Crippen LogP contribution < -0.4 is 5.32 Å². The quantitative estimate of drug-likeness (QED) is 0.788. The van der Waals surface area contributed by atoms with Crippen LogP contribution in [0.3, 0.4) is 0 Å². The maximum atomic E-state index is 13.4. The summed E-state index contributed by atoms with van der Waals surface area (Å²) in [4.78, 5) is 4.46. The lowest BCUT2D eigenvalue weighted by atomic mass is 9.92. The highest BCUT2D eigenvalue weighted by atomic mass is 35.5. The molecule has 1 heterocycles. The molecule has 1 aliphatic rings. The Labute approximate surface area is 126 Å². The molecule has 2 aromatic rings. The molecule has 0 radical (unpaired) electrons. The summed E-state index contributed by atoms with van der Waals surface area (Å²) in [6, 6.07) is 7.27. The van der Waals surface area contributed by atoms with Crippen molar-refractivity contribution in [1.29, 1.82) is 0 Å². The van der Waals surface area contributed by atoms with E-state index >= 15 is 0 Å². The van der Waals surface area contributed by atoms with Crippen LogP contribution >= 0.6 is 23.2 Å². The Bertz CT molecular complexity index is 623. The van der Waals surface area contributed by atoms with Gasteiger partial charge in [-0.2, -0.15) is 0 Å². The minimum atomic E-state index is -0.582. The van der Waals surface area contributed by atoms with Gasteiger partial charge < -0.3 is 5.32 Å². The predicted molar refractivity (Wildman–Crippen MR) is 80.0 cm³/mol. The normalized spacial score (nSPS) is 17.6. The second-order valence-electron chi connectivity index (χ2n) is 4.89. The third-order valence-electron chi connectivity index (χ3n) is 3.52. The molecule has 0 spiro atoms. The number of hydrogen-bond donors (Lipinski definition) is 1. The van der Waals surface area contributed by atoms with Gasteiger partial charge >= 0.3 is 0 Å². The number of aryl methyl sites for hydroxylation is 1. The maximum absolute atomic E-state index is 13.4. The van der Waals surface area contributed by atoms with Crippen LogP contribution in [0.4, 0.5) is 10.1 Å². The van der Waals surface area contributed by atoms with Gasteiger partial charge in [-0.05, 0) is 43.0 Å². The third kappa shape index (κ3) is 2.60. The van der Waals surface area contributed by atoms with E-state index in [9.17, 15) is 4.39 Å². The van der Waals surface area contributed by atoms with E-state index in [0.29, 0.717) is 5.69 Å².